The quantitative estimate of drug-likeness (QED) is 0.593. The number of amides is 2. The van der Waals surface area contributed by atoms with Gasteiger partial charge >= 0.3 is 12.2 Å². The Morgan fingerprint density at radius 2 is 2.04 bits per heavy atom. The fraction of sp³-hybridized carbons (Fsp3) is 0.800. The molecule has 2 aliphatic rings. The molecular weight excluding hydrogens is 368 g/mol. The van der Waals surface area contributed by atoms with Gasteiger partial charge in [-0.2, -0.15) is 0 Å². The molecule has 0 aromatic carbocycles. The van der Waals surface area contributed by atoms with E-state index in [0.29, 0.717) is 0 Å². The molecule has 0 bridgehead atoms. The summed E-state index contributed by atoms with van der Waals surface area (Å²) in [5.41, 5.74) is -0.636. The van der Waals surface area contributed by atoms with Crippen molar-refractivity contribution < 1.29 is 23.8 Å². The van der Waals surface area contributed by atoms with Crippen LogP contribution in [0.4, 0.5) is 9.59 Å². The fourth-order valence-electron chi connectivity index (χ4n) is 2.80. The molecule has 0 spiro atoms. The zero-order chi connectivity index (χ0) is 17.2. The summed E-state index contributed by atoms with van der Waals surface area (Å²) in [6, 6.07) is -0.0850. The van der Waals surface area contributed by atoms with Gasteiger partial charge in [-0.15, -0.1) is 4.99 Å². The third-order valence-electron chi connectivity index (χ3n) is 3.71. The molecule has 130 valence electrons. The van der Waals surface area contributed by atoms with E-state index in [9.17, 15) is 9.59 Å². The number of carbonyl (C=O) groups excluding carboxylic acids is 2. The first-order valence-electron chi connectivity index (χ1n) is 7.67. The lowest BCUT2D eigenvalue weighted by molar-refractivity contribution is 0.00591. The number of hydrogen-bond acceptors (Lipinski definition) is 5. The minimum atomic E-state index is -0.724. The number of carbonyl (C=O) groups is 2. The van der Waals surface area contributed by atoms with Crippen molar-refractivity contribution in [3.05, 3.63) is 0 Å². The molecule has 3 atom stereocenters. The van der Waals surface area contributed by atoms with E-state index in [1.807, 2.05) is 0 Å². The Bertz CT molecular complexity index is 503. The Hall–Kier alpha value is -1.31. The normalized spacial score (nSPS) is 29.5. The predicted molar refractivity (Wildman–Crippen MR) is 88.0 cm³/mol. The van der Waals surface area contributed by atoms with Crippen LogP contribution in [0.2, 0.25) is 0 Å². The standard InChI is InChI=1S/C15H23BrN2O5/c1-15(2,3)23-13(19)17-11-8-18(14(20)21-4)10-7-5-6-9(16)12(10)22-11/h9-10,12H,5-8H2,1-4H3/b17-11-/t9-,10-,12+/m0/s1. The lowest BCUT2D eigenvalue weighted by Crippen LogP contribution is -2.59. The number of rotatable bonds is 0. The van der Waals surface area contributed by atoms with Gasteiger partial charge in [-0.25, -0.2) is 9.59 Å². The monoisotopic (exact) mass is 390 g/mol. The molecule has 2 amide bonds. The maximum Gasteiger partial charge on any atom is 0.437 e. The van der Waals surface area contributed by atoms with Crippen molar-refractivity contribution >= 4 is 34.0 Å². The van der Waals surface area contributed by atoms with E-state index in [0.717, 1.165) is 19.3 Å². The number of halogens is 1. The Morgan fingerprint density at radius 1 is 1.35 bits per heavy atom. The summed E-state index contributed by atoms with van der Waals surface area (Å²) >= 11 is 3.60. The van der Waals surface area contributed by atoms with E-state index in [2.05, 4.69) is 20.9 Å². The minimum absolute atomic E-state index is 0.0850. The van der Waals surface area contributed by atoms with Gasteiger partial charge in [0, 0.05) is 0 Å². The molecule has 0 unspecified atom stereocenters. The van der Waals surface area contributed by atoms with Crippen molar-refractivity contribution in [3.63, 3.8) is 0 Å². The average Bonchev–Trinajstić information content (AvgIpc) is 2.44. The molecule has 2 rings (SSSR count). The second-order valence-corrected chi connectivity index (χ2v) is 7.86. The number of nitrogens with zero attached hydrogens (tertiary/aromatic N) is 2. The van der Waals surface area contributed by atoms with Gasteiger partial charge < -0.3 is 14.2 Å². The largest absolute Gasteiger partial charge is 0.473 e. The highest BCUT2D eigenvalue weighted by Gasteiger charge is 2.44. The molecule has 0 N–H and O–H groups in total. The molecule has 1 aliphatic carbocycles. The number of morpholine rings is 1. The lowest BCUT2D eigenvalue weighted by atomic mass is 9.90. The second kappa shape index (κ2) is 7.07. The molecule has 7 nitrogen and oxygen atoms in total. The van der Waals surface area contributed by atoms with Gasteiger partial charge in [0.05, 0.1) is 18.0 Å². The van der Waals surface area contributed by atoms with Crippen LogP contribution in [0.1, 0.15) is 40.0 Å². The molecule has 23 heavy (non-hydrogen) atoms. The zero-order valence-electron chi connectivity index (χ0n) is 13.9. The first-order chi connectivity index (χ1) is 10.7. The number of aliphatic imine (C=N–C) groups is 1. The lowest BCUT2D eigenvalue weighted by Gasteiger charge is -2.45. The zero-order valence-corrected chi connectivity index (χ0v) is 15.5. The molecule has 2 fully saturated rings. The van der Waals surface area contributed by atoms with Crippen LogP contribution < -0.4 is 0 Å². The molecule has 1 aliphatic heterocycles. The molecule has 1 saturated heterocycles. The molecule has 1 saturated carbocycles. The molecular formula is C15H23BrN2O5. The molecule has 0 aromatic rings. The number of methoxy groups -OCH3 is 1. The first kappa shape index (κ1) is 18.0. The van der Waals surface area contributed by atoms with Crippen LogP contribution in [0.5, 0.6) is 0 Å². The van der Waals surface area contributed by atoms with E-state index in [1.54, 1.807) is 25.7 Å². The van der Waals surface area contributed by atoms with E-state index in [-0.39, 0.29) is 29.4 Å². The topological polar surface area (TPSA) is 77.4 Å². The van der Waals surface area contributed by atoms with Crippen LogP contribution in [0.25, 0.3) is 0 Å². The highest BCUT2D eigenvalue weighted by Crippen LogP contribution is 2.33. The van der Waals surface area contributed by atoms with Gasteiger partial charge in [0.25, 0.3) is 0 Å². The van der Waals surface area contributed by atoms with Crippen LogP contribution in [-0.4, -0.2) is 59.2 Å². The van der Waals surface area contributed by atoms with Gasteiger partial charge in [0.15, 0.2) is 0 Å². The van der Waals surface area contributed by atoms with Gasteiger partial charge in [-0.1, -0.05) is 15.9 Å². The average molecular weight is 391 g/mol. The third-order valence-corrected chi connectivity index (χ3v) is 4.69. The van der Waals surface area contributed by atoms with Crippen molar-refractivity contribution in [2.24, 2.45) is 4.99 Å². The number of alkyl halides is 1. The Kier molecular flexibility index (Phi) is 5.54. The second-order valence-electron chi connectivity index (χ2n) is 6.68. The summed E-state index contributed by atoms with van der Waals surface area (Å²) in [5.74, 6) is 0.178. The molecule has 0 radical (unpaired) electrons. The van der Waals surface area contributed by atoms with Gasteiger partial charge in [-0.05, 0) is 40.0 Å². The maximum absolute atomic E-state index is 12.1. The molecule has 8 heteroatoms. The van der Waals surface area contributed by atoms with Crippen LogP contribution in [0, 0.1) is 0 Å². The number of ether oxygens (including phenoxy) is 3. The fourth-order valence-corrected chi connectivity index (χ4v) is 3.58. The van der Waals surface area contributed by atoms with Crippen molar-refractivity contribution in [1.82, 2.24) is 4.90 Å². The van der Waals surface area contributed by atoms with Crippen LogP contribution >= 0.6 is 15.9 Å². The van der Waals surface area contributed by atoms with Crippen molar-refractivity contribution in [2.45, 2.75) is 62.6 Å². The highest BCUT2D eigenvalue weighted by atomic mass is 79.9. The summed E-state index contributed by atoms with van der Waals surface area (Å²) in [6.07, 6.45) is 1.35. The SMILES string of the molecule is COC(=O)N1C/C(=N/C(=O)OC(C)(C)C)O[C@@H]2[C@@H](Br)CCC[C@@H]21. The minimum Gasteiger partial charge on any atom is -0.473 e. The molecule has 1 heterocycles. The third kappa shape index (κ3) is 4.59. The summed E-state index contributed by atoms with van der Waals surface area (Å²) < 4.78 is 15.9. The number of fused-ring (bicyclic) bond motifs is 1. The number of hydrogen-bond donors (Lipinski definition) is 0. The Balaban J connectivity index is 2.19. The Morgan fingerprint density at radius 3 is 2.65 bits per heavy atom. The predicted octanol–water partition coefficient (Wildman–Crippen LogP) is 3.10. The van der Waals surface area contributed by atoms with Crippen molar-refractivity contribution in [3.8, 4) is 0 Å². The first-order valence-corrected chi connectivity index (χ1v) is 8.58. The Labute approximate surface area is 144 Å². The van der Waals surface area contributed by atoms with Gasteiger partial charge in [0.2, 0.25) is 5.90 Å². The van der Waals surface area contributed by atoms with Gasteiger partial charge in [0.1, 0.15) is 18.2 Å². The van der Waals surface area contributed by atoms with E-state index in [4.69, 9.17) is 14.2 Å². The summed E-state index contributed by atoms with van der Waals surface area (Å²) in [6.45, 7) is 5.39. The highest BCUT2D eigenvalue weighted by molar-refractivity contribution is 9.09. The summed E-state index contributed by atoms with van der Waals surface area (Å²) in [5, 5.41) is 0. The van der Waals surface area contributed by atoms with Crippen LogP contribution in [0.15, 0.2) is 4.99 Å². The van der Waals surface area contributed by atoms with Crippen LogP contribution in [0.3, 0.4) is 0 Å². The van der Waals surface area contributed by atoms with Crippen LogP contribution in [-0.2, 0) is 14.2 Å². The smallest absolute Gasteiger partial charge is 0.437 e. The van der Waals surface area contributed by atoms with E-state index in [1.165, 1.54) is 7.11 Å². The maximum atomic E-state index is 12.1. The van der Waals surface area contributed by atoms with Crippen molar-refractivity contribution in [2.75, 3.05) is 13.7 Å². The van der Waals surface area contributed by atoms with Gasteiger partial charge in [-0.3, -0.25) is 4.90 Å². The van der Waals surface area contributed by atoms with E-state index >= 15 is 0 Å². The summed E-state index contributed by atoms with van der Waals surface area (Å²) in [7, 11) is 1.34. The summed E-state index contributed by atoms with van der Waals surface area (Å²) in [4.78, 5) is 29.5. The van der Waals surface area contributed by atoms with Crippen molar-refractivity contribution in [1.29, 1.82) is 0 Å². The van der Waals surface area contributed by atoms with E-state index < -0.39 is 17.8 Å². The molecule has 0 aromatic heterocycles.